The molecule has 3 atom stereocenters. The van der Waals surface area contributed by atoms with Crippen LogP contribution in [0.1, 0.15) is 25.7 Å². The maximum absolute atomic E-state index is 15.8. The van der Waals surface area contributed by atoms with Crippen LogP contribution in [0.25, 0.3) is 32.9 Å². The van der Waals surface area contributed by atoms with Gasteiger partial charge in [0.1, 0.15) is 17.3 Å². The molecule has 0 amide bonds. The minimum Gasteiger partial charge on any atom is -0.508 e. The van der Waals surface area contributed by atoms with Crippen LogP contribution in [0, 0.1) is 5.82 Å². The van der Waals surface area contributed by atoms with Gasteiger partial charge in [-0.3, -0.25) is 4.98 Å². The second kappa shape index (κ2) is 7.00. The number of hydrogen-bond donors (Lipinski definition) is 3. The number of rotatable bonds is 2. The molecule has 0 spiro atoms. The highest BCUT2D eigenvalue weighted by Crippen LogP contribution is 2.41. The quantitative estimate of drug-likeness (QED) is 0.448. The molecular weight excluding hydrogens is 411 g/mol. The third-order valence-corrected chi connectivity index (χ3v) is 6.75. The van der Waals surface area contributed by atoms with Crippen LogP contribution in [0.3, 0.4) is 0 Å². The topological polar surface area (TPSA) is 102 Å². The number of nitrogens with one attached hydrogen (secondary N) is 1. The number of piperidine rings is 1. The average Bonchev–Trinajstić information content (AvgIpc) is 3.04. The molecule has 2 aliphatic rings. The van der Waals surface area contributed by atoms with Crippen molar-refractivity contribution in [1.29, 1.82) is 0 Å². The van der Waals surface area contributed by atoms with Crippen LogP contribution in [0.15, 0.2) is 47.4 Å². The number of H-pyrrole nitrogens is 1. The van der Waals surface area contributed by atoms with Crippen molar-refractivity contribution in [3.63, 3.8) is 0 Å². The second-order valence-corrected chi connectivity index (χ2v) is 8.71. The van der Waals surface area contributed by atoms with E-state index in [9.17, 15) is 15.0 Å². The Morgan fingerprint density at radius 1 is 1.09 bits per heavy atom. The number of aromatic amines is 1. The van der Waals surface area contributed by atoms with Crippen LogP contribution in [0.4, 0.5) is 10.2 Å². The van der Waals surface area contributed by atoms with Crippen molar-refractivity contribution in [2.24, 2.45) is 0 Å². The lowest BCUT2D eigenvalue weighted by molar-refractivity contribution is 0.126. The maximum atomic E-state index is 15.8. The minimum atomic E-state index is -0.664. The molecule has 8 heteroatoms. The van der Waals surface area contributed by atoms with Gasteiger partial charge in [0, 0.05) is 23.8 Å². The highest BCUT2D eigenvalue weighted by Gasteiger charge is 2.41. The minimum absolute atomic E-state index is 0.00681. The van der Waals surface area contributed by atoms with Gasteiger partial charge in [-0.05, 0) is 48.6 Å². The van der Waals surface area contributed by atoms with E-state index in [0.29, 0.717) is 29.6 Å². The fraction of sp³-hybridized carbons (Fsp3) is 0.292. The van der Waals surface area contributed by atoms with Crippen molar-refractivity contribution < 1.29 is 14.6 Å². The third kappa shape index (κ3) is 2.86. The first-order valence-corrected chi connectivity index (χ1v) is 10.8. The van der Waals surface area contributed by atoms with Gasteiger partial charge in [0.2, 0.25) is 0 Å². The SMILES string of the molecule is O=c1nc(N2[C@@H]3CC[C@H]2CC(O)C3)c2cnc(-c3cc(O)cc4ccccc34)c(F)c2[nH]1. The van der Waals surface area contributed by atoms with Crippen molar-refractivity contribution >= 4 is 27.5 Å². The molecule has 2 fully saturated rings. The zero-order valence-electron chi connectivity index (χ0n) is 17.1. The monoisotopic (exact) mass is 432 g/mol. The van der Waals surface area contributed by atoms with E-state index in [1.165, 1.54) is 12.3 Å². The Labute approximate surface area is 182 Å². The number of aliphatic hydroxyl groups is 1. The molecule has 4 aromatic rings. The van der Waals surface area contributed by atoms with Gasteiger partial charge < -0.3 is 20.1 Å². The number of phenolic OH excluding ortho intramolecular Hbond substituents is 1. The summed E-state index contributed by atoms with van der Waals surface area (Å²) >= 11 is 0. The molecule has 2 bridgehead atoms. The number of benzene rings is 2. The molecule has 0 saturated carbocycles. The Morgan fingerprint density at radius 2 is 1.84 bits per heavy atom. The van der Waals surface area contributed by atoms with Gasteiger partial charge in [0.25, 0.3) is 0 Å². The largest absolute Gasteiger partial charge is 0.508 e. The van der Waals surface area contributed by atoms with E-state index in [0.717, 1.165) is 23.6 Å². The van der Waals surface area contributed by atoms with E-state index in [-0.39, 0.29) is 35.1 Å². The molecule has 1 unspecified atom stereocenters. The number of aliphatic hydroxyl groups excluding tert-OH is 1. The highest BCUT2D eigenvalue weighted by molar-refractivity contribution is 5.99. The highest BCUT2D eigenvalue weighted by atomic mass is 19.1. The lowest BCUT2D eigenvalue weighted by Gasteiger charge is -2.38. The molecule has 32 heavy (non-hydrogen) atoms. The van der Waals surface area contributed by atoms with Crippen LogP contribution in [0.2, 0.25) is 0 Å². The summed E-state index contributed by atoms with van der Waals surface area (Å²) in [7, 11) is 0. The van der Waals surface area contributed by atoms with E-state index >= 15 is 4.39 Å². The van der Waals surface area contributed by atoms with Gasteiger partial charge in [-0.25, -0.2) is 9.18 Å². The molecule has 2 saturated heterocycles. The fourth-order valence-corrected chi connectivity index (χ4v) is 5.44. The summed E-state index contributed by atoms with van der Waals surface area (Å²) in [5.74, 6) is -0.238. The standard InChI is InChI=1S/C24H21FN4O3/c25-20-21(18-10-15(30)7-12-3-1-2-4-17(12)18)26-11-19-22(20)27-24(32)28-23(19)29-13-5-6-14(29)9-16(31)8-13/h1-4,7,10-11,13-14,16,30-31H,5-6,8-9H2,(H,27,28,32)/t13-,14+,16?. The predicted molar refractivity (Wildman–Crippen MR) is 119 cm³/mol. The molecule has 2 aromatic heterocycles. The maximum Gasteiger partial charge on any atom is 0.347 e. The predicted octanol–water partition coefficient (Wildman–Crippen LogP) is 3.48. The van der Waals surface area contributed by atoms with Gasteiger partial charge in [0.05, 0.1) is 17.0 Å². The number of nitrogens with zero attached hydrogens (tertiary/aromatic N) is 3. The molecule has 3 N–H and O–H groups in total. The average molecular weight is 432 g/mol. The summed E-state index contributed by atoms with van der Waals surface area (Å²) in [6, 6.07) is 10.6. The Hall–Kier alpha value is -3.52. The first kappa shape index (κ1) is 19.2. The van der Waals surface area contributed by atoms with Crippen LogP contribution >= 0.6 is 0 Å². The molecule has 162 valence electrons. The zero-order valence-corrected chi connectivity index (χ0v) is 17.1. The summed E-state index contributed by atoms with van der Waals surface area (Å²) in [5, 5.41) is 22.2. The van der Waals surface area contributed by atoms with E-state index in [1.54, 1.807) is 6.07 Å². The third-order valence-electron chi connectivity index (χ3n) is 6.75. The summed E-state index contributed by atoms with van der Waals surface area (Å²) < 4.78 is 15.8. The number of hydrogen-bond acceptors (Lipinski definition) is 6. The normalized spacial score (nSPS) is 22.7. The first-order chi connectivity index (χ1) is 15.5. The van der Waals surface area contributed by atoms with Crippen molar-refractivity contribution in [2.75, 3.05) is 4.90 Å². The number of anilines is 1. The van der Waals surface area contributed by atoms with Gasteiger partial charge in [0.15, 0.2) is 5.82 Å². The van der Waals surface area contributed by atoms with Gasteiger partial charge in [-0.15, -0.1) is 0 Å². The van der Waals surface area contributed by atoms with E-state index in [1.807, 2.05) is 24.3 Å². The molecule has 0 aliphatic carbocycles. The number of aromatic nitrogens is 3. The van der Waals surface area contributed by atoms with Gasteiger partial charge in [-0.1, -0.05) is 24.3 Å². The van der Waals surface area contributed by atoms with Crippen molar-refractivity contribution in [2.45, 2.75) is 43.9 Å². The number of pyridine rings is 1. The molecule has 0 radical (unpaired) electrons. The van der Waals surface area contributed by atoms with Gasteiger partial charge in [-0.2, -0.15) is 4.98 Å². The molecular formula is C24H21FN4O3. The van der Waals surface area contributed by atoms with E-state index < -0.39 is 11.5 Å². The number of halogens is 1. The Bertz CT molecular complexity index is 1420. The summed E-state index contributed by atoms with van der Waals surface area (Å²) in [4.78, 5) is 25.7. The van der Waals surface area contributed by atoms with E-state index in [2.05, 4.69) is 19.9 Å². The Balaban J connectivity index is 1.57. The second-order valence-electron chi connectivity index (χ2n) is 8.71. The Kier molecular flexibility index (Phi) is 4.19. The molecule has 2 aliphatic heterocycles. The van der Waals surface area contributed by atoms with Crippen LogP contribution < -0.4 is 10.6 Å². The van der Waals surface area contributed by atoms with Crippen LogP contribution in [-0.4, -0.2) is 43.4 Å². The first-order valence-electron chi connectivity index (χ1n) is 10.8. The molecule has 7 nitrogen and oxygen atoms in total. The summed E-state index contributed by atoms with van der Waals surface area (Å²) in [6.07, 6.45) is 4.19. The van der Waals surface area contributed by atoms with Gasteiger partial charge >= 0.3 is 5.69 Å². The van der Waals surface area contributed by atoms with E-state index in [4.69, 9.17) is 0 Å². The number of fused-ring (bicyclic) bond motifs is 4. The smallest absolute Gasteiger partial charge is 0.347 e. The van der Waals surface area contributed by atoms with Crippen LogP contribution in [-0.2, 0) is 0 Å². The molecule has 6 rings (SSSR count). The Morgan fingerprint density at radius 3 is 2.62 bits per heavy atom. The lowest BCUT2D eigenvalue weighted by Crippen LogP contribution is -2.46. The van der Waals surface area contributed by atoms with Crippen LogP contribution in [0.5, 0.6) is 5.75 Å². The number of phenols is 1. The molecule has 4 heterocycles. The fourth-order valence-electron chi connectivity index (χ4n) is 5.44. The van der Waals surface area contributed by atoms with Crippen molar-refractivity contribution in [1.82, 2.24) is 15.0 Å². The summed E-state index contributed by atoms with van der Waals surface area (Å²) in [5.41, 5.74) is -0.0902. The van der Waals surface area contributed by atoms with Crippen molar-refractivity contribution in [3.05, 3.63) is 58.9 Å². The zero-order chi connectivity index (χ0) is 22.0. The number of aromatic hydroxyl groups is 1. The van der Waals surface area contributed by atoms with Crippen molar-refractivity contribution in [3.8, 4) is 17.0 Å². The summed E-state index contributed by atoms with van der Waals surface area (Å²) in [6.45, 7) is 0. The molecule has 2 aromatic carbocycles. The lowest BCUT2D eigenvalue weighted by atomic mass is 9.99.